The number of hydrogen-bond donors (Lipinski definition) is 1. The van der Waals surface area contributed by atoms with Crippen LogP contribution in [0.3, 0.4) is 0 Å². The lowest BCUT2D eigenvalue weighted by Crippen LogP contribution is -2.56. The summed E-state index contributed by atoms with van der Waals surface area (Å²) in [5.74, 6) is 1.15. The fourth-order valence-corrected chi connectivity index (χ4v) is 2.10. The maximum atomic E-state index is 12.0. The van der Waals surface area contributed by atoms with E-state index in [4.69, 9.17) is 0 Å². The van der Waals surface area contributed by atoms with E-state index in [2.05, 4.69) is 24.1 Å². The van der Waals surface area contributed by atoms with Gasteiger partial charge < -0.3 is 5.32 Å². The fraction of sp³-hybridized carbons (Fsp3) is 0.917. The molecule has 1 rings (SSSR count). The van der Waals surface area contributed by atoms with Crippen LogP contribution >= 0.6 is 0 Å². The van der Waals surface area contributed by atoms with Gasteiger partial charge in [0.25, 0.3) is 0 Å². The highest BCUT2D eigenvalue weighted by atomic mass is 16.1. The molecule has 1 atom stereocenters. The van der Waals surface area contributed by atoms with E-state index in [9.17, 15) is 4.79 Å². The number of ketones is 1. The first-order chi connectivity index (χ1) is 7.02. The monoisotopic (exact) mass is 212 g/mol. The van der Waals surface area contributed by atoms with Gasteiger partial charge in [-0.3, -0.25) is 9.69 Å². The number of rotatable bonds is 4. The Morgan fingerprint density at radius 2 is 2.07 bits per heavy atom. The number of hydrogen-bond acceptors (Lipinski definition) is 3. The lowest BCUT2D eigenvalue weighted by atomic mass is 9.98. The van der Waals surface area contributed by atoms with Crippen molar-refractivity contribution in [3.63, 3.8) is 0 Å². The summed E-state index contributed by atoms with van der Waals surface area (Å²) in [6, 6.07) is 0.0983. The van der Waals surface area contributed by atoms with Gasteiger partial charge in [-0.15, -0.1) is 0 Å². The van der Waals surface area contributed by atoms with Crippen LogP contribution in [0.25, 0.3) is 0 Å². The van der Waals surface area contributed by atoms with E-state index in [0.29, 0.717) is 11.7 Å². The first-order valence-electron chi connectivity index (χ1n) is 6.01. The summed E-state index contributed by atoms with van der Waals surface area (Å²) in [4.78, 5) is 14.3. The van der Waals surface area contributed by atoms with Gasteiger partial charge in [0.1, 0.15) is 0 Å². The quantitative estimate of drug-likeness (QED) is 0.758. The van der Waals surface area contributed by atoms with E-state index >= 15 is 0 Å². The Kier molecular flexibility index (Phi) is 4.74. The molecule has 0 aromatic rings. The van der Waals surface area contributed by atoms with Gasteiger partial charge in [-0.1, -0.05) is 27.7 Å². The van der Waals surface area contributed by atoms with Crippen LogP contribution in [0.4, 0.5) is 0 Å². The molecule has 15 heavy (non-hydrogen) atoms. The molecule has 3 nitrogen and oxygen atoms in total. The second-order valence-corrected chi connectivity index (χ2v) is 5.17. The van der Waals surface area contributed by atoms with Crippen molar-refractivity contribution in [2.75, 3.05) is 26.2 Å². The maximum absolute atomic E-state index is 12.0. The lowest BCUT2D eigenvalue weighted by molar-refractivity contribution is -0.128. The van der Waals surface area contributed by atoms with Gasteiger partial charge in [-0.2, -0.15) is 0 Å². The average molecular weight is 212 g/mol. The molecule has 1 unspecified atom stereocenters. The predicted molar refractivity (Wildman–Crippen MR) is 62.9 cm³/mol. The molecule has 1 aliphatic rings. The molecule has 3 heteroatoms. The normalized spacial score (nSPS) is 23.7. The molecule has 0 spiro atoms. The third-order valence-corrected chi connectivity index (χ3v) is 2.85. The summed E-state index contributed by atoms with van der Waals surface area (Å²) in [7, 11) is 0. The van der Waals surface area contributed by atoms with Crippen LogP contribution < -0.4 is 5.32 Å². The van der Waals surface area contributed by atoms with Gasteiger partial charge in [-0.05, 0) is 5.92 Å². The highest BCUT2D eigenvalue weighted by Crippen LogP contribution is 2.12. The van der Waals surface area contributed by atoms with Crippen LogP contribution in [0.5, 0.6) is 0 Å². The van der Waals surface area contributed by atoms with Crippen LogP contribution in [0.15, 0.2) is 0 Å². The molecular weight excluding hydrogens is 188 g/mol. The predicted octanol–water partition coefficient (Wildman–Crippen LogP) is 1.14. The average Bonchev–Trinajstić information content (AvgIpc) is 2.16. The highest BCUT2D eigenvalue weighted by molar-refractivity contribution is 5.86. The molecule has 0 radical (unpaired) electrons. The van der Waals surface area contributed by atoms with Gasteiger partial charge in [0.15, 0.2) is 5.78 Å². The van der Waals surface area contributed by atoms with Gasteiger partial charge in [0.05, 0.1) is 6.04 Å². The molecule has 0 amide bonds. The van der Waals surface area contributed by atoms with Crippen molar-refractivity contribution in [2.45, 2.75) is 33.7 Å². The minimum Gasteiger partial charge on any atom is -0.313 e. The molecule has 1 aliphatic heterocycles. The van der Waals surface area contributed by atoms with Crippen LogP contribution in [0.2, 0.25) is 0 Å². The lowest BCUT2D eigenvalue weighted by Gasteiger charge is -2.37. The summed E-state index contributed by atoms with van der Waals surface area (Å²) < 4.78 is 0. The molecule has 1 heterocycles. The summed E-state index contributed by atoms with van der Waals surface area (Å²) in [6.07, 6.45) is 0. The Hall–Kier alpha value is -0.410. The zero-order valence-electron chi connectivity index (χ0n) is 10.4. The molecule has 0 aromatic heterocycles. The van der Waals surface area contributed by atoms with E-state index in [0.717, 1.165) is 26.2 Å². The van der Waals surface area contributed by atoms with Crippen molar-refractivity contribution in [2.24, 2.45) is 11.8 Å². The van der Waals surface area contributed by atoms with Crippen LogP contribution in [-0.4, -0.2) is 42.9 Å². The second kappa shape index (κ2) is 5.61. The number of Topliss-reactive ketones (excluding diaryl/α,β-unsaturated/α-hetero) is 1. The van der Waals surface area contributed by atoms with Crippen molar-refractivity contribution in [1.29, 1.82) is 0 Å². The first-order valence-corrected chi connectivity index (χ1v) is 6.01. The van der Waals surface area contributed by atoms with Crippen LogP contribution in [0, 0.1) is 11.8 Å². The summed E-state index contributed by atoms with van der Waals surface area (Å²) >= 11 is 0. The first kappa shape index (κ1) is 12.7. The fourth-order valence-electron chi connectivity index (χ4n) is 2.10. The summed E-state index contributed by atoms with van der Waals surface area (Å²) in [6.45, 7) is 12.3. The standard InChI is InChI=1S/C12H24N2O/c1-9(2)8-14-6-5-13-7-11(14)12(15)10(3)4/h9-11,13H,5-8H2,1-4H3. The molecule has 88 valence electrons. The molecule has 0 aromatic carbocycles. The molecule has 1 saturated heterocycles. The van der Waals surface area contributed by atoms with Crippen molar-refractivity contribution in [1.82, 2.24) is 10.2 Å². The van der Waals surface area contributed by atoms with E-state index in [1.54, 1.807) is 0 Å². The maximum Gasteiger partial charge on any atom is 0.153 e. The van der Waals surface area contributed by atoms with E-state index in [1.807, 2.05) is 13.8 Å². The SMILES string of the molecule is CC(C)CN1CCNCC1C(=O)C(C)C. The molecular formula is C12H24N2O. The smallest absolute Gasteiger partial charge is 0.153 e. The Morgan fingerprint density at radius 3 is 2.60 bits per heavy atom. The molecule has 0 bridgehead atoms. The van der Waals surface area contributed by atoms with Crippen molar-refractivity contribution < 1.29 is 4.79 Å². The molecule has 1 fully saturated rings. The number of carbonyl (C=O) groups excluding carboxylic acids is 1. The Balaban J connectivity index is 2.61. The largest absolute Gasteiger partial charge is 0.313 e. The highest BCUT2D eigenvalue weighted by Gasteiger charge is 2.29. The van der Waals surface area contributed by atoms with Crippen molar-refractivity contribution in [3.05, 3.63) is 0 Å². The second-order valence-electron chi connectivity index (χ2n) is 5.17. The van der Waals surface area contributed by atoms with Gasteiger partial charge in [0.2, 0.25) is 0 Å². The zero-order valence-corrected chi connectivity index (χ0v) is 10.4. The van der Waals surface area contributed by atoms with E-state index in [1.165, 1.54) is 0 Å². The molecule has 1 N–H and O–H groups in total. The molecule has 0 aliphatic carbocycles. The topological polar surface area (TPSA) is 32.3 Å². The van der Waals surface area contributed by atoms with Crippen LogP contribution in [0.1, 0.15) is 27.7 Å². The number of carbonyl (C=O) groups is 1. The number of nitrogens with zero attached hydrogens (tertiary/aromatic N) is 1. The van der Waals surface area contributed by atoms with Crippen molar-refractivity contribution >= 4 is 5.78 Å². The van der Waals surface area contributed by atoms with Gasteiger partial charge in [0, 0.05) is 32.1 Å². The van der Waals surface area contributed by atoms with Gasteiger partial charge >= 0.3 is 0 Å². The summed E-state index contributed by atoms with van der Waals surface area (Å²) in [5.41, 5.74) is 0. The third kappa shape index (κ3) is 3.58. The van der Waals surface area contributed by atoms with E-state index in [-0.39, 0.29) is 12.0 Å². The van der Waals surface area contributed by atoms with Crippen molar-refractivity contribution in [3.8, 4) is 0 Å². The molecule has 0 saturated carbocycles. The van der Waals surface area contributed by atoms with Gasteiger partial charge in [-0.25, -0.2) is 0 Å². The third-order valence-electron chi connectivity index (χ3n) is 2.85. The summed E-state index contributed by atoms with van der Waals surface area (Å²) in [5, 5.41) is 3.31. The minimum atomic E-state index is 0.0983. The minimum absolute atomic E-state index is 0.0983. The Morgan fingerprint density at radius 1 is 1.40 bits per heavy atom. The Bertz CT molecular complexity index is 214. The van der Waals surface area contributed by atoms with Crippen LogP contribution in [-0.2, 0) is 4.79 Å². The number of piperazine rings is 1. The zero-order chi connectivity index (χ0) is 11.4. The number of nitrogens with one attached hydrogen (secondary N) is 1. The van der Waals surface area contributed by atoms with E-state index < -0.39 is 0 Å². The Labute approximate surface area is 93.2 Å².